The molecule has 0 aliphatic rings. The van der Waals surface area contributed by atoms with Gasteiger partial charge in [0.1, 0.15) is 11.5 Å². The average Bonchev–Trinajstić information content (AvgIpc) is 2.39. The van der Waals surface area contributed by atoms with Gasteiger partial charge in [-0.3, -0.25) is 4.79 Å². The predicted molar refractivity (Wildman–Crippen MR) is 72.4 cm³/mol. The lowest BCUT2D eigenvalue weighted by Gasteiger charge is -2.12. The topological polar surface area (TPSA) is 72.6 Å². The van der Waals surface area contributed by atoms with Crippen LogP contribution in [0, 0.1) is 0 Å². The number of primary amides is 1. The number of benzene rings is 2. The number of carbonyl (C=O) groups is 1. The number of nitrogens with two attached hydrogens (primary N) is 1. The second-order valence-electron chi connectivity index (χ2n) is 3.84. The Morgan fingerprint density at radius 3 is 2.53 bits per heavy atom. The predicted octanol–water partition coefficient (Wildman–Crippen LogP) is 2.72. The Labute approximate surface area is 115 Å². The molecule has 0 saturated carbocycles. The van der Waals surface area contributed by atoms with E-state index in [9.17, 15) is 9.90 Å². The van der Waals surface area contributed by atoms with Gasteiger partial charge >= 0.3 is 0 Å². The van der Waals surface area contributed by atoms with Gasteiger partial charge in [-0.2, -0.15) is 0 Å². The second-order valence-corrected chi connectivity index (χ2v) is 4.24. The molecule has 2 aromatic carbocycles. The molecule has 0 heterocycles. The molecule has 0 aliphatic heterocycles. The molecule has 0 saturated heterocycles. The molecule has 2 rings (SSSR count). The molecule has 0 spiro atoms. The number of carbonyl (C=O) groups excluding carboxylic acids is 1. The highest BCUT2D eigenvalue weighted by Gasteiger charge is 2.12. The summed E-state index contributed by atoms with van der Waals surface area (Å²) in [5.41, 5.74) is 6.01. The summed E-state index contributed by atoms with van der Waals surface area (Å²) in [5.74, 6) is 0.138. The van der Waals surface area contributed by atoms with Crippen LogP contribution in [0.3, 0.4) is 0 Å². The van der Waals surface area contributed by atoms with Crippen molar-refractivity contribution in [3.05, 3.63) is 58.6 Å². The summed E-state index contributed by atoms with van der Waals surface area (Å²) in [6, 6.07) is 11.6. The van der Waals surface area contributed by atoms with Crippen molar-refractivity contribution in [1.82, 2.24) is 0 Å². The number of para-hydroxylation sites is 1. The van der Waals surface area contributed by atoms with Crippen LogP contribution in [0.4, 0.5) is 0 Å². The van der Waals surface area contributed by atoms with Crippen molar-refractivity contribution in [1.29, 1.82) is 0 Å². The summed E-state index contributed by atoms with van der Waals surface area (Å²) in [6.45, 7) is -0.256. The lowest BCUT2D eigenvalue weighted by Crippen LogP contribution is -2.12. The molecule has 19 heavy (non-hydrogen) atoms. The van der Waals surface area contributed by atoms with E-state index in [1.54, 1.807) is 42.5 Å². The standard InChI is InChI=1S/C14H12ClNO3/c15-11-5-3-7-13(10(11)8-17)19-12-6-2-1-4-9(12)14(16)18/h1-7,17H,8H2,(H2,16,18). The zero-order valence-electron chi connectivity index (χ0n) is 9.97. The fourth-order valence-electron chi connectivity index (χ4n) is 1.67. The third kappa shape index (κ3) is 2.86. The Bertz CT molecular complexity index is 613. The SMILES string of the molecule is NC(=O)c1ccccc1Oc1cccc(Cl)c1CO. The number of hydrogen-bond acceptors (Lipinski definition) is 3. The molecule has 0 atom stereocenters. The van der Waals surface area contributed by atoms with Crippen LogP contribution >= 0.6 is 11.6 Å². The Morgan fingerprint density at radius 2 is 1.84 bits per heavy atom. The molecule has 3 N–H and O–H groups in total. The van der Waals surface area contributed by atoms with Crippen LogP contribution in [0.25, 0.3) is 0 Å². The normalized spacial score (nSPS) is 10.2. The number of ether oxygens (including phenoxy) is 1. The van der Waals surface area contributed by atoms with Crippen LogP contribution in [0.5, 0.6) is 11.5 Å². The molecule has 5 heteroatoms. The van der Waals surface area contributed by atoms with Crippen LogP contribution in [0.1, 0.15) is 15.9 Å². The number of amides is 1. The Balaban J connectivity index is 2.42. The number of aliphatic hydroxyl groups excluding tert-OH is 1. The van der Waals surface area contributed by atoms with E-state index < -0.39 is 5.91 Å². The van der Waals surface area contributed by atoms with E-state index in [1.807, 2.05) is 0 Å². The van der Waals surface area contributed by atoms with E-state index in [0.717, 1.165) is 0 Å². The van der Waals surface area contributed by atoms with Gasteiger partial charge < -0.3 is 15.6 Å². The fraction of sp³-hybridized carbons (Fsp3) is 0.0714. The van der Waals surface area contributed by atoms with Crippen LogP contribution in [0.15, 0.2) is 42.5 Å². The number of aliphatic hydroxyl groups is 1. The van der Waals surface area contributed by atoms with Crippen molar-refractivity contribution in [3.63, 3.8) is 0 Å². The van der Waals surface area contributed by atoms with Crippen LogP contribution in [-0.2, 0) is 6.61 Å². The first-order valence-corrected chi connectivity index (χ1v) is 5.96. The molecule has 98 valence electrons. The van der Waals surface area contributed by atoms with E-state index in [-0.39, 0.29) is 12.2 Å². The number of rotatable bonds is 4. The Hall–Kier alpha value is -2.04. The van der Waals surface area contributed by atoms with Gasteiger partial charge in [-0.15, -0.1) is 0 Å². The van der Waals surface area contributed by atoms with E-state index in [1.165, 1.54) is 0 Å². The molecule has 1 amide bonds. The van der Waals surface area contributed by atoms with Crippen molar-refractivity contribution in [2.24, 2.45) is 5.73 Å². The average molecular weight is 278 g/mol. The van der Waals surface area contributed by atoms with Gasteiger partial charge in [0.05, 0.1) is 12.2 Å². The number of halogens is 1. The summed E-state index contributed by atoms with van der Waals surface area (Å²) < 4.78 is 5.63. The summed E-state index contributed by atoms with van der Waals surface area (Å²) >= 11 is 5.97. The molecule has 0 aromatic heterocycles. The van der Waals surface area contributed by atoms with Gasteiger partial charge in [0.15, 0.2) is 0 Å². The molecule has 0 bridgehead atoms. The van der Waals surface area contributed by atoms with Crippen LogP contribution < -0.4 is 10.5 Å². The smallest absolute Gasteiger partial charge is 0.252 e. The number of hydrogen-bond donors (Lipinski definition) is 2. The summed E-state index contributed by atoms with van der Waals surface area (Å²) in [7, 11) is 0. The maximum absolute atomic E-state index is 11.3. The highest BCUT2D eigenvalue weighted by atomic mass is 35.5. The molecular formula is C14H12ClNO3. The maximum Gasteiger partial charge on any atom is 0.252 e. The van der Waals surface area contributed by atoms with Gasteiger partial charge in [-0.05, 0) is 24.3 Å². The first kappa shape index (κ1) is 13.4. The Morgan fingerprint density at radius 1 is 1.16 bits per heavy atom. The van der Waals surface area contributed by atoms with E-state index in [0.29, 0.717) is 22.1 Å². The van der Waals surface area contributed by atoms with Crippen molar-refractivity contribution < 1.29 is 14.6 Å². The van der Waals surface area contributed by atoms with Crippen molar-refractivity contribution in [3.8, 4) is 11.5 Å². The zero-order valence-corrected chi connectivity index (χ0v) is 10.7. The van der Waals surface area contributed by atoms with Crippen molar-refractivity contribution in [2.75, 3.05) is 0 Å². The summed E-state index contributed by atoms with van der Waals surface area (Å²) in [6.07, 6.45) is 0. The van der Waals surface area contributed by atoms with Gasteiger partial charge in [0.25, 0.3) is 5.91 Å². The largest absolute Gasteiger partial charge is 0.456 e. The molecule has 0 fully saturated rings. The first-order valence-electron chi connectivity index (χ1n) is 5.58. The minimum absolute atomic E-state index is 0.256. The minimum atomic E-state index is -0.580. The lowest BCUT2D eigenvalue weighted by molar-refractivity contribution is 0.0998. The molecular weight excluding hydrogens is 266 g/mol. The third-order valence-electron chi connectivity index (χ3n) is 2.61. The third-order valence-corrected chi connectivity index (χ3v) is 2.96. The highest BCUT2D eigenvalue weighted by Crippen LogP contribution is 2.31. The summed E-state index contributed by atoms with van der Waals surface area (Å²) in [4.78, 5) is 11.3. The first-order chi connectivity index (χ1) is 9.13. The van der Waals surface area contributed by atoms with E-state index in [4.69, 9.17) is 22.1 Å². The quantitative estimate of drug-likeness (QED) is 0.902. The summed E-state index contributed by atoms with van der Waals surface area (Å²) in [5, 5.41) is 9.70. The monoisotopic (exact) mass is 277 g/mol. The highest BCUT2D eigenvalue weighted by molar-refractivity contribution is 6.31. The lowest BCUT2D eigenvalue weighted by atomic mass is 10.1. The molecule has 4 nitrogen and oxygen atoms in total. The maximum atomic E-state index is 11.3. The zero-order chi connectivity index (χ0) is 13.8. The van der Waals surface area contributed by atoms with Crippen LogP contribution in [0.2, 0.25) is 5.02 Å². The van der Waals surface area contributed by atoms with Crippen molar-refractivity contribution in [2.45, 2.75) is 6.61 Å². The Kier molecular flexibility index (Phi) is 4.04. The molecule has 0 unspecified atom stereocenters. The van der Waals surface area contributed by atoms with Gasteiger partial charge in [0.2, 0.25) is 0 Å². The van der Waals surface area contributed by atoms with Gasteiger partial charge in [-0.25, -0.2) is 0 Å². The molecule has 0 radical (unpaired) electrons. The van der Waals surface area contributed by atoms with Crippen LogP contribution in [-0.4, -0.2) is 11.0 Å². The van der Waals surface area contributed by atoms with Gasteiger partial charge in [-0.1, -0.05) is 29.8 Å². The van der Waals surface area contributed by atoms with E-state index in [2.05, 4.69) is 0 Å². The van der Waals surface area contributed by atoms with Gasteiger partial charge in [0, 0.05) is 10.6 Å². The van der Waals surface area contributed by atoms with E-state index >= 15 is 0 Å². The molecule has 2 aromatic rings. The minimum Gasteiger partial charge on any atom is -0.456 e. The molecule has 0 aliphatic carbocycles. The second kappa shape index (κ2) is 5.73. The fourth-order valence-corrected chi connectivity index (χ4v) is 1.89. The van der Waals surface area contributed by atoms with Crippen molar-refractivity contribution >= 4 is 17.5 Å².